The number of thiophene rings is 1. The Morgan fingerprint density at radius 2 is 2.24 bits per heavy atom. The average molecular weight is 320 g/mol. The first-order chi connectivity index (χ1) is 10.0. The van der Waals surface area contributed by atoms with E-state index in [0.717, 1.165) is 16.0 Å². The van der Waals surface area contributed by atoms with Crippen LogP contribution in [0.5, 0.6) is 0 Å². The lowest BCUT2D eigenvalue weighted by atomic mass is 10.3. The summed E-state index contributed by atoms with van der Waals surface area (Å²) in [5, 5.41) is 15.4. The van der Waals surface area contributed by atoms with Crippen molar-refractivity contribution in [2.45, 2.75) is 19.9 Å². The molecule has 3 heterocycles. The molecule has 6 nitrogen and oxygen atoms in total. The molecule has 0 aliphatic carbocycles. The number of hydrogen-bond donors (Lipinski definition) is 2. The summed E-state index contributed by atoms with van der Waals surface area (Å²) in [6.07, 6.45) is 1.53. The number of aromatic nitrogens is 3. The molecule has 0 aromatic carbocycles. The third kappa shape index (κ3) is 2.72. The van der Waals surface area contributed by atoms with E-state index in [0.29, 0.717) is 5.01 Å². The lowest BCUT2D eigenvalue weighted by Gasteiger charge is -2.12. The zero-order chi connectivity index (χ0) is 15.0. The molecule has 3 aromatic rings. The first-order valence-electron chi connectivity index (χ1n) is 6.21. The van der Waals surface area contributed by atoms with Crippen LogP contribution >= 0.6 is 22.7 Å². The van der Waals surface area contributed by atoms with Gasteiger partial charge in [-0.2, -0.15) is 0 Å². The number of carboxylic acid groups (broad SMARTS) is 1. The average Bonchev–Trinajstić information content (AvgIpc) is 3.04. The Labute approximate surface area is 128 Å². The zero-order valence-corrected chi connectivity index (χ0v) is 13.0. The van der Waals surface area contributed by atoms with E-state index in [1.54, 1.807) is 16.7 Å². The van der Waals surface area contributed by atoms with Crippen LogP contribution < -0.4 is 5.32 Å². The topological polar surface area (TPSA) is 88.0 Å². The molecule has 2 N–H and O–H groups in total. The lowest BCUT2D eigenvalue weighted by molar-refractivity contribution is 0.0691. The van der Waals surface area contributed by atoms with Gasteiger partial charge in [-0.15, -0.1) is 22.7 Å². The Morgan fingerprint density at radius 3 is 2.95 bits per heavy atom. The van der Waals surface area contributed by atoms with E-state index in [9.17, 15) is 4.79 Å². The molecule has 0 saturated heterocycles. The molecular weight excluding hydrogens is 308 g/mol. The van der Waals surface area contributed by atoms with Crippen LogP contribution in [0.4, 0.5) is 5.82 Å². The van der Waals surface area contributed by atoms with Crippen LogP contribution in [0.25, 0.3) is 10.2 Å². The van der Waals surface area contributed by atoms with Crippen molar-refractivity contribution < 1.29 is 9.90 Å². The SMILES string of the molecule is Cc1cc2c(NC(C)c3nc(C(=O)O)cs3)ncnc2s1. The quantitative estimate of drug-likeness (QED) is 0.766. The van der Waals surface area contributed by atoms with Crippen LogP contribution in [0.15, 0.2) is 17.8 Å². The molecule has 0 aliphatic rings. The minimum Gasteiger partial charge on any atom is -0.476 e. The van der Waals surface area contributed by atoms with Gasteiger partial charge in [0, 0.05) is 10.3 Å². The molecule has 0 bridgehead atoms. The monoisotopic (exact) mass is 320 g/mol. The van der Waals surface area contributed by atoms with Crippen molar-refractivity contribution in [3.63, 3.8) is 0 Å². The largest absolute Gasteiger partial charge is 0.476 e. The third-order valence-corrected chi connectivity index (χ3v) is 4.90. The standard InChI is InChI=1S/C13H12N4O2S2/c1-6-3-8-10(14-5-15-12(8)21-6)16-7(2)11-17-9(4-20-11)13(18)19/h3-5,7H,1-2H3,(H,18,19)(H,14,15,16). The number of rotatable bonds is 4. The molecule has 1 unspecified atom stereocenters. The number of carbonyl (C=O) groups is 1. The van der Waals surface area contributed by atoms with Crippen LogP contribution in [0.2, 0.25) is 0 Å². The highest BCUT2D eigenvalue weighted by Gasteiger charge is 2.16. The van der Waals surface area contributed by atoms with Gasteiger partial charge in [0.2, 0.25) is 0 Å². The second-order valence-electron chi connectivity index (χ2n) is 4.54. The Bertz CT molecular complexity index is 811. The minimum absolute atomic E-state index is 0.0721. The first-order valence-corrected chi connectivity index (χ1v) is 7.90. The van der Waals surface area contributed by atoms with Crippen molar-refractivity contribution in [3.05, 3.63) is 33.4 Å². The van der Waals surface area contributed by atoms with Crippen molar-refractivity contribution in [1.82, 2.24) is 15.0 Å². The summed E-state index contributed by atoms with van der Waals surface area (Å²) in [4.78, 5) is 25.6. The highest BCUT2D eigenvalue weighted by atomic mass is 32.1. The summed E-state index contributed by atoms with van der Waals surface area (Å²) in [6.45, 7) is 3.96. The predicted molar refractivity (Wildman–Crippen MR) is 83.3 cm³/mol. The fourth-order valence-electron chi connectivity index (χ4n) is 1.94. The number of carboxylic acids is 1. The van der Waals surface area contributed by atoms with E-state index in [2.05, 4.69) is 20.3 Å². The van der Waals surface area contributed by atoms with Gasteiger partial charge in [-0.25, -0.2) is 19.7 Å². The van der Waals surface area contributed by atoms with E-state index in [4.69, 9.17) is 5.11 Å². The molecular formula is C13H12N4O2S2. The van der Waals surface area contributed by atoms with E-state index in [-0.39, 0.29) is 11.7 Å². The number of thiazole rings is 1. The highest BCUT2D eigenvalue weighted by Crippen LogP contribution is 2.30. The van der Waals surface area contributed by atoms with Crippen LogP contribution in [-0.2, 0) is 0 Å². The summed E-state index contributed by atoms with van der Waals surface area (Å²) in [7, 11) is 0. The Kier molecular flexibility index (Phi) is 3.56. The van der Waals surface area contributed by atoms with Gasteiger partial charge >= 0.3 is 5.97 Å². The molecule has 108 valence electrons. The van der Waals surface area contributed by atoms with Gasteiger partial charge in [0.05, 0.1) is 11.4 Å². The Balaban J connectivity index is 1.88. The van der Waals surface area contributed by atoms with E-state index >= 15 is 0 Å². The van der Waals surface area contributed by atoms with Gasteiger partial charge in [-0.3, -0.25) is 0 Å². The first kappa shape index (κ1) is 13.9. The maximum Gasteiger partial charge on any atom is 0.355 e. The summed E-state index contributed by atoms with van der Waals surface area (Å²) in [5.74, 6) is -0.272. The molecule has 0 amide bonds. The summed E-state index contributed by atoms with van der Waals surface area (Å²) < 4.78 is 0. The van der Waals surface area contributed by atoms with Crippen LogP contribution in [0.1, 0.15) is 33.3 Å². The Hall–Kier alpha value is -2.06. The smallest absolute Gasteiger partial charge is 0.355 e. The van der Waals surface area contributed by atoms with Crippen molar-refractivity contribution in [1.29, 1.82) is 0 Å². The molecule has 0 radical (unpaired) electrons. The number of nitrogens with zero attached hydrogens (tertiary/aromatic N) is 3. The zero-order valence-electron chi connectivity index (χ0n) is 11.3. The van der Waals surface area contributed by atoms with Crippen molar-refractivity contribution >= 4 is 44.7 Å². The summed E-state index contributed by atoms with van der Waals surface area (Å²) in [5.41, 5.74) is 0.0721. The maximum absolute atomic E-state index is 10.9. The normalized spacial score (nSPS) is 12.5. The molecule has 0 spiro atoms. The van der Waals surface area contributed by atoms with E-state index in [1.807, 2.05) is 19.9 Å². The van der Waals surface area contributed by atoms with Gasteiger partial charge < -0.3 is 10.4 Å². The fourth-order valence-corrected chi connectivity index (χ4v) is 3.59. The molecule has 1 atom stereocenters. The highest BCUT2D eigenvalue weighted by molar-refractivity contribution is 7.18. The van der Waals surface area contributed by atoms with Crippen LogP contribution in [0, 0.1) is 6.92 Å². The van der Waals surface area contributed by atoms with Gasteiger partial charge in [-0.05, 0) is 19.9 Å². The lowest BCUT2D eigenvalue weighted by Crippen LogP contribution is -2.08. The van der Waals surface area contributed by atoms with Crippen LogP contribution in [0.3, 0.4) is 0 Å². The third-order valence-electron chi connectivity index (χ3n) is 2.92. The van der Waals surface area contributed by atoms with Gasteiger partial charge in [-0.1, -0.05) is 0 Å². The molecule has 21 heavy (non-hydrogen) atoms. The second-order valence-corrected chi connectivity index (χ2v) is 6.66. The van der Waals surface area contributed by atoms with Crippen LogP contribution in [-0.4, -0.2) is 26.0 Å². The number of aromatic carboxylic acids is 1. The van der Waals surface area contributed by atoms with Gasteiger partial charge in [0.25, 0.3) is 0 Å². The van der Waals surface area contributed by atoms with Gasteiger partial charge in [0.1, 0.15) is 22.0 Å². The second kappa shape index (κ2) is 5.38. The fraction of sp³-hybridized carbons (Fsp3) is 0.231. The maximum atomic E-state index is 10.9. The summed E-state index contributed by atoms with van der Waals surface area (Å²) in [6, 6.07) is 1.92. The number of anilines is 1. The summed E-state index contributed by atoms with van der Waals surface area (Å²) >= 11 is 2.94. The number of nitrogens with one attached hydrogen (secondary N) is 1. The number of fused-ring (bicyclic) bond motifs is 1. The molecule has 0 aliphatic heterocycles. The number of aryl methyl sites for hydroxylation is 1. The Morgan fingerprint density at radius 1 is 1.43 bits per heavy atom. The van der Waals surface area contributed by atoms with Crippen molar-refractivity contribution in [3.8, 4) is 0 Å². The van der Waals surface area contributed by atoms with Gasteiger partial charge in [0.15, 0.2) is 5.69 Å². The van der Waals surface area contributed by atoms with E-state index < -0.39 is 5.97 Å². The molecule has 8 heteroatoms. The molecule has 0 saturated carbocycles. The predicted octanol–water partition coefficient (Wildman–Crippen LogP) is 3.33. The van der Waals surface area contributed by atoms with E-state index in [1.165, 1.54) is 22.5 Å². The van der Waals surface area contributed by atoms with Crippen molar-refractivity contribution in [2.75, 3.05) is 5.32 Å². The number of hydrogen-bond acceptors (Lipinski definition) is 7. The van der Waals surface area contributed by atoms with Crippen molar-refractivity contribution in [2.24, 2.45) is 0 Å². The molecule has 3 aromatic heterocycles. The minimum atomic E-state index is -1.01. The molecule has 0 fully saturated rings. The molecule has 3 rings (SSSR count).